The summed E-state index contributed by atoms with van der Waals surface area (Å²) in [5, 5.41) is 4.18. The molecule has 2 aromatic heterocycles. The highest BCUT2D eigenvalue weighted by atomic mass is 32.1. The number of nitrogens with zero attached hydrogens (tertiary/aromatic N) is 3. The SMILES string of the molecule is Cc1cc2c(NCC(=O)N(CC(C)C)CC(C)C)ncnc2s1. The van der Waals surface area contributed by atoms with Crippen LogP contribution in [0.5, 0.6) is 0 Å². The second-order valence-electron chi connectivity index (χ2n) is 6.74. The van der Waals surface area contributed by atoms with Gasteiger partial charge < -0.3 is 10.2 Å². The average Bonchev–Trinajstić information content (AvgIpc) is 2.83. The van der Waals surface area contributed by atoms with Crippen molar-refractivity contribution >= 4 is 33.3 Å². The Balaban J connectivity index is 2.06. The summed E-state index contributed by atoms with van der Waals surface area (Å²) in [6.45, 7) is 12.4. The average molecular weight is 334 g/mol. The maximum atomic E-state index is 12.6. The fourth-order valence-corrected chi connectivity index (χ4v) is 3.39. The molecule has 0 fully saturated rings. The lowest BCUT2D eigenvalue weighted by Gasteiger charge is -2.26. The number of anilines is 1. The molecule has 2 heterocycles. The highest BCUT2D eigenvalue weighted by Gasteiger charge is 2.17. The number of amides is 1. The molecule has 126 valence electrons. The van der Waals surface area contributed by atoms with Crippen LogP contribution in [0.2, 0.25) is 0 Å². The Bertz CT molecular complexity index is 656. The van der Waals surface area contributed by atoms with Gasteiger partial charge in [-0.3, -0.25) is 4.79 Å². The molecule has 0 atom stereocenters. The van der Waals surface area contributed by atoms with Gasteiger partial charge in [-0.05, 0) is 24.8 Å². The van der Waals surface area contributed by atoms with E-state index in [2.05, 4.69) is 49.0 Å². The van der Waals surface area contributed by atoms with Crippen molar-refractivity contribution in [1.29, 1.82) is 0 Å². The van der Waals surface area contributed by atoms with Crippen molar-refractivity contribution in [3.63, 3.8) is 0 Å². The van der Waals surface area contributed by atoms with Gasteiger partial charge in [0.05, 0.1) is 11.9 Å². The molecule has 0 bridgehead atoms. The number of fused-ring (bicyclic) bond motifs is 1. The number of carbonyl (C=O) groups is 1. The first kappa shape index (κ1) is 17.7. The van der Waals surface area contributed by atoms with Gasteiger partial charge in [0.2, 0.25) is 5.91 Å². The molecule has 0 aliphatic rings. The molecule has 0 unspecified atom stereocenters. The van der Waals surface area contributed by atoms with E-state index in [-0.39, 0.29) is 12.5 Å². The lowest BCUT2D eigenvalue weighted by Crippen LogP contribution is -2.40. The van der Waals surface area contributed by atoms with E-state index in [4.69, 9.17) is 0 Å². The van der Waals surface area contributed by atoms with Crippen LogP contribution in [0.3, 0.4) is 0 Å². The van der Waals surface area contributed by atoms with E-state index >= 15 is 0 Å². The predicted octanol–water partition coefficient (Wildman–Crippen LogP) is 3.55. The minimum atomic E-state index is 0.117. The van der Waals surface area contributed by atoms with Crippen molar-refractivity contribution in [3.8, 4) is 0 Å². The van der Waals surface area contributed by atoms with Gasteiger partial charge >= 0.3 is 0 Å². The van der Waals surface area contributed by atoms with Crippen molar-refractivity contribution in [3.05, 3.63) is 17.3 Å². The number of aromatic nitrogens is 2. The van der Waals surface area contributed by atoms with Crippen LogP contribution < -0.4 is 5.32 Å². The second-order valence-corrected chi connectivity index (χ2v) is 7.97. The van der Waals surface area contributed by atoms with E-state index in [1.165, 1.54) is 4.88 Å². The highest BCUT2D eigenvalue weighted by molar-refractivity contribution is 7.18. The predicted molar refractivity (Wildman–Crippen MR) is 96.9 cm³/mol. The van der Waals surface area contributed by atoms with Crippen LogP contribution in [0.25, 0.3) is 10.2 Å². The zero-order valence-corrected chi connectivity index (χ0v) is 15.4. The third kappa shape index (κ3) is 4.89. The largest absolute Gasteiger partial charge is 0.360 e. The third-order valence-corrected chi connectivity index (χ3v) is 4.34. The Labute approximate surface area is 142 Å². The number of rotatable bonds is 7. The molecule has 23 heavy (non-hydrogen) atoms. The fourth-order valence-electron chi connectivity index (χ4n) is 2.55. The number of hydrogen-bond acceptors (Lipinski definition) is 5. The Morgan fingerprint density at radius 1 is 1.22 bits per heavy atom. The topological polar surface area (TPSA) is 58.1 Å². The quantitative estimate of drug-likeness (QED) is 0.841. The summed E-state index contributed by atoms with van der Waals surface area (Å²) in [5.74, 6) is 1.78. The first-order chi connectivity index (χ1) is 10.9. The van der Waals surface area contributed by atoms with Gasteiger partial charge in [-0.25, -0.2) is 9.97 Å². The van der Waals surface area contributed by atoms with Crippen molar-refractivity contribution in [2.24, 2.45) is 11.8 Å². The molecule has 1 N–H and O–H groups in total. The van der Waals surface area contributed by atoms with Gasteiger partial charge in [0.1, 0.15) is 17.0 Å². The Hall–Kier alpha value is -1.69. The number of thiophene rings is 1. The van der Waals surface area contributed by atoms with Crippen LogP contribution in [-0.4, -0.2) is 40.4 Å². The van der Waals surface area contributed by atoms with Gasteiger partial charge in [0, 0.05) is 18.0 Å². The van der Waals surface area contributed by atoms with Crippen molar-refractivity contribution in [2.45, 2.75) is 34.6 Å². The second kappa shape index (κ2) is 7.73. The summed E-state index contributed by atoms with van der Waals surface area (Å²) in [7, 11) is 0. The van der Waals surface area contributed by atoms with Crippen LogP contribution in [0, 0.1) is 18.8 Å². The maximum Gasteiger partial charge on any atom is 0.241 e. The Morgan fingerprint density at radius 2 is 1.87 bits per heavy atom. The summed E-state index contributed by atoms with van der Waals surface area (Å²) in [4.78, 5) is 25.2. The lowest BCUT2D eigenvalue weighted by molar-refractivity contribution is -0.130. The van der Waals surface area contributed by atoms with E-state index in [0.29, 0.717) is 11.8 Å². The summed E-state index contributed by atoms with van der Waals surface area (Å²) in [6, 6.07) is 2.06. The molecular weight excluding hydrogens is 308 g/mol. The smallest absolute Gasteiger partial charge is 0.241 e. The number of hydrogen-bond donors (Lipinski definition) is 1. The van der Waals surface area contributed by atoms with E-state index in [1.54, 1.807) is 17.7 Å². The Kier molecular flexibility index (Phi) is 5.93. The van der Waals surface area contributed by atoms with Crippen molar-refractivity contribution in [2.75, 3.05) is 25.0 Å². The van der Waals surface area contributed by atoms with Gasteiger partial charge in [0.15, 0.2) is 0 Å². The molecule has 1 amide bonds. The van der Waals surface area contributed by atoms with E-state index in [9.17, 15) is 4.79 Å². The van der Waals surface area contributed by atoms with E-state index in [1.807, 2.05) is 11.8 Å². The molecule has 0 aliphatic heterocycles. The van der Waals surface area contributed by atoms with Crippen LogP contribution in [0.15, 0.2) is 12.4 Å². The lowest BCUT2D eigenvalue weighted by atomic mass is 10.1. The van der Waals surface area contributed by atoms with Crippen LogP contribution in [0.4, 0.5) is 5.82 Å². The molecule has 0 saturated heterocycles. The monoisotopic (exact) mass is 334 g/mol. The molecule has 0 aliphatic carbocycles. The zero-order chi connectivity index (χ0) is 17.0. The minimum Gasteiger partial charge on any atom is -0.360 e. The zero-order valence-electron chi connectivity index (χ0n) is 14.6. The maximum absolute atomic E-state index is 12.6. The van der Waals surface area contributed by atoms with E-state index in [0.717, 1.165) is 29.1 Å². The summed E-state index contributed by atoms with van der Waals surface area (Å²) in [5.41, 5.74) is 0. The van der Waals surface area contributed by atoms with Crippen LogP contribution in [-0.2, 0) is 4.79 Å². The molecule has 0 saturated carbocycles. The van der Waals surface area contributed by atoms with Gasteiger partial charge in [-0.2, -0.15) is 0 Å². The molecule has 2 aromatic rings. The fraction of sp³-hybridized carbons (Fsp3) is 0.588. The van der Waals surface area contributed by atoms with Gasteiger partial charge in [-0.1, -0.05) is 27.7 Å². The normalized spacial score (nSPS) is 11.4. The molecule has 2 rings (SSSR count). The molecule has 5 nitrogen and oxygen atoms in total. The third-order valence-electron chi connectivity index (χ3n) is 3.38. The van der Waals surface area contributed by atoms with Crippen molar-refractivity contribution < 1.29 is 4.79 Å². The highest BCUT2D eigenvalue weighted by Crippen LogP contribution is 2.27. The molecule has 0 radical (unpaired) electrons. The number of carbonyl (C=O) groups excluding carboxylic acids is 1. The molecule has 0 spiro atoms. The summed E-state index contributed by atoms with van der Waals surface area (Å²) in [6.07, 6.45) is 1.55. The summed E-state index contributed by atoms with van der Waals surface area (Å²) >= 11 is 1.64. The van der Waals surface area contributed by atoms with Gasteiger partial charge in [0.25, 0.3) is 0 Å². The standard InChI is InChI=1S/C17H26N4OS/c1-11(2)8-21(9-12(3)4)15(22)7-18-16-14-6-13(5)23-17(14)20-10-19-16/h6,10-12H,7-9H2,1-5H3,(H,18,19,20). The van der Waals surface area contributed by atoms with Crippen LogP contribution >= 0.6 is 11.3 Å². The van der Waals surface area contributed by atoms with Gasteiger partial charge in [-0.15, -0.1) is 11.3 Å². The number of nitrogens with one attached hydrogen (secondary N) is 1. The number of aryl methyl sites for hydroxylation is 1. The Morgan fingerprint density at radius 3 is 2.48 bits per heavy atom. The first-order valence-electron chi connectivity index (χ1n) is 8.09. The molecule has 6 heteroatoms. The van der Waals surface area contributed by atoms with Crippen molar-refractivity contribution in [1.82, 2.24) is 14.9 Å². The minimum absolute atomic E-state index is 0.117. The molecule has 0 aromatic carbocycles. The summed E-state index contributed by atoms with van der Waals surface area (Å²) < 4.78 is 0. The molecular formula is C17H26N4OS. The van der Waals surface area contributed by atoms with E-state index < -0.39 is 0 Å². The van der Waals surface area contributed by atoms with Crippen LogP contribution in [0.1, 0.15) is 32.6 Å². The first-order valence-corrected chi connectivity index (χ1v) is 8.91.